The number of hydrogen-bond donors (Lipinski definition) is 2. The molecule has 0 saturated carbocycles. The van der Waals surface area contributed by atoms with Crippen molar-refractivity contribution in [3.8, 4) is 11.1 Å². The summed E-state index contributed by atoms with van der Waals surface area (Å²) >= 11 is 0. The fraction of sp³-hybridized carbons (Fsp3) is 0.304. The Balaban J connectivity index is 1.37. The van der Waals surface area contributed by atoms with E-state index in [1.807, 2.05) is 24.3 Å². The van der Waals surface area contributed by atoms with Crippen LogP contribution in [0.1, 0.15) is 18.2 Å². The van der Waals surface area contributed by atoms with Crippen molar-refractivity contribution < 1.29 is 18.7 Å². The van der Waals surface area contributed by atoms with Crippen LogP contribution in [-0.2, 0) is 29.7 Å². The zero-order valence-electron chi connectivity index (χ0n) is 18.4. The van der Waals surface area contributed by atoms with E-state index >= 15 is 0 Å². The number of amides is 2. The summed E-state index contributed by atoms with van der Waals surface area (Å²) in [4.78, 5) is 26.1. The van der Waals surface area contributed by atoms with Gasteiger partial charge in [0.05, 0.1) is 30.7 Å². The molecule has 9 nitrogen and oxygen atoms in total. The van der Waals surface area contributed by atoms with Crippen molar-refractivity contribution in [3.63, 3.8) is 0 Å². The zero-order chi connectivity index (χ0) is 23.4. The molecule has 0 unspecified atom stereocenters. The van der Waals surface area contributed by atoms with Crippen LogP contribution in [-0.4, -0.2) is 46.2 Å². The van der Waals surface area contributed by atoms with Crippen LogP contribution < -0.4 is 15.5 Å². The van der Waals surface area contributed by atoms with E-state index in [4.69, 9.17) is 4.74 Å². The fourth-order valence-corrected chi connectivity index (χ4v) is 3.61. The maximum atomic E-state index is 14.9. The largest absolute Gasteiger partial charge is 0.442 e. The van der Waals surface area contributed by atoms with Crippen molar-refractivity contribution in [2.75, 3.05) is 18.0 Å². The second kappa shape index (κ2) is 9.78. The number of anilines is 1. The number of cyclic esters (lactones) is 1. The Hall–Kier alpha value is -3.79. The van der Waals surface area contributed by atoms with Gasteiger partial charge in [-0.25, -0.2) is 9.18 Å². The van der Waals surface area contributed by atoms with Crippen molar-refractivity contribution in [3.05, 3.63) is 65.7 Å². The Morgan fingerprint density at radius 3 is 2.67 bits per heavy atom. The van der Waals surface area contributed by atoms with Gasteiger partial charge in [-0.15, -0.1) is 0 Å². The van der Waals surface area contributed by atoms with Crippen molar-refractivity contribution in [2.24, 2.45) is 7.05 Å². The first-order chi connectivity index (χ1) is 15.9. The predicted octanol–water partition coefficient (Wildman–Crippen LogP) is 2.37. The molecule has 1 fully saturated rings. The van der Waals surface area contributed by atoms with Crippen molar-refractivity contribution in [1.82, 2.24) is 25.6 Å². The summed E-state index contributed by atoms with van der Waals surface area (Å²) in [5.74, 6) is -0.633. The number of ether oxygens (including phenoxy) is 1. The topological polar surface area (TPSA) is 101 Å². The normalized spacial score (nSPS) is 15.5. The van der Waals surface area contributed by atoms with Crippen LogP contribution in [0.15, 0.2) is 48.7 Å². The van der Waals surface area contributed by atoms with Gasteiger partial charge >= 0.3 is 6.09 Å². The number of nitrogens with zero attached hydrogens (tertiary/aromatic N) is 4. The van der Waals surface area contributed by atoms with Gasteiger partial charge in [0.25, 0.3) is 0 Å². The van der Waals surface area contributed by atoms with Gasteiger partial charge in [0.1, 0.15) is 11.9 Å². The summed E-state index contributed by atoms with van der Waals surface area (Å²) in [5.41, 5.74) is 3.52. The van der Waals surface area contributed by atoms with Crippen LogP contribution in [0.4, 0.5) is 14.9 Å². The number of aryl methyl sites for hydroxylation is 1. The quantitative estimate of drug-likeness (QED) is 0.544. The highest BCUT2D eigenvalue weighted by Crippen LogP contribution is 2.29. The van der Waals surface area contributed by atoms with E-state index in [2.05, 4.69) is 20.8 Å². The van der Waals surface area contributed by atoms with Crippen LogP contribution in [0.3, 0.4) is 0 Å². The third kappa shape index (κ3) is 5.53. The van der Waals surface area contributed by atoms with Gasteiger partial charge in [0.15, 0.2) is 0 Å². The molecule has 33 heavy (non-hydrogen) atoms. The van der Waals surface area contributed by atoms with E-state index in [0.717, 1.165) is 16.8 Å². The maximum absolute atomic E-state index is 14.9. The average molecular weight is 452 g/mol. The number of hydrogen-bond acceptors (Lipinski definition) is 6. The van der Waals surface area contributed by atoms with E-state index in [1.54, 1.807) is 25.4 Å². The Morgan fingerprint density at radius 2 is 2.00 bits per heavy atom. The van der Waals surface area contributed by atoms with E-state index in [9.17, 15) is 14.0 Å². The predicted molar refractivity (Wildman–Crippen MR) is 120 cm³/mol. The summed E-state index contributed by atoms with van der Waals surface area (Å²) in [6, 6.07) is 12.3. The number of rotatable bonds is 8. The lowest BCUT2D eigenvalue weighted by molar-refractivity contribution is -0.119. The first kappa shape index (κ1) is 22.4. The SMILES string of the molecule is CC(=O)NC[C@H]1CN(c2ccc(-c3ccc(CNCc4cnn(C)n4)cc3)c(F)c2)C(=O)O1. The van der Waals surface area contributed by atoms with Gasteiger partial charge in [-0.2, -0.15) is 15.0 Å². The number of benzene rings is 2. The lowest BCUT2D eigenvalue weighted by Crippen LogP contribution is -2.33. The molecule has 1 saturated heterocycles. The van der Waals surface area contributed by atoms with Crippen molar-refractivity contribution >= 4 is 17.7 Å². The molecule has 1 aliphatic heterocycles. The molecule has 2 aromatic carbocycles. The Bertz CT molecular complexity index is 1150. The standard InChI is InChI=1S/C23H25FN6O3/c1-15(31)26-13-20-14-30(23(32)33-20)19-7-8-21(22(24)9-19)17-5-3-16(4-6-17)10-25-11-18-12-27-29(2)28-18/h3-9,12,20,25H,10-11,13-14H2,1-2H3,(H,26,31)/t20-/m0/s1. The molecule has 0 spiro atoms. The smallest absolute Gasteiger partial charge is 0.414 e. The summed E-state index contributed by atoms with van der Waals surface area (Å²) in [6.45, 7) is 3.11. The highest BCUT2D eigenvalue weighted by atomic mass is 19.1. The molecular weight excluding hydrogens is 427 g/mol. The molecular formula is C23H25FN6O3. The van der Waals surface area contributed by atoms with E-state index in [0.29, 0.717) is 24.3 Å². The Labute approximate surface area is 190 Å². The lowest BCUT2D eigenvalue weighted by atomic mass is 10.0. The molecule has 4 rings (SSSR count). The van der Waals surface area contributed by atoms with Gasteiger partial charge in [-0.05, 0) is 29.3 Å². The molecule has 3 aromatic rings. The van der Waals surface area contributed by atoms with Crippen LogP contribution in [0, 0.1) is 5.82 Å². The third-order valence-corrected chi connectivity index (χ3v) is 5.26. The number of nitrogens with one attached hydrogen (secondary N) is 2. The van der Waals surface area contributed by atoms with Crippen LogP contribution in [0.5, 0.6) is 0 Å². The molecule has 1 aliphatic rings. The molecule has 0 bridgehead atoms. The van der Waals surface area contributed by atoms with Crippen molar-refractivity contribution in [1.29, 1.82) is 0 Å². The number of halogens is 1. The summed E-state index contributed by atoms with van der Waals surface area (Å²) in [6.07, 6.45) is 0.683. The molecule has 10 heteroatoms. The maximum Gasteiger partial charge on any atom is 0.414 e. The van der Waals surface area contributed by atoms with Crippen molar-refractivity contribution in [2.45, 2.75) is 26.1 Å². The van der Waals surface area contributed by atoms with Crippen LogP contribution in [0.2, 0.25) is 0 Å². The Kier molecular flexibility index (Phi) is 6.64. The number of aromatic nitrogens is 3. The molecule has 2 heterocycles. The van der Waals surface area contributed by atoms with E-state index in [1.165, 1.54) is 22.7 Å². The highest BCUT2D eigenvalue weighted by molar-refractivity contribution is 5.90. The summed E-state index contributed by atoms with van der Waals surface area (Å²) in [7, 11) is 1.77. The third-order valence-electron chi connectivity index (χ3n) is 5.26. The van der Waals surface area contributed by atoms with Gasteiger partial charge < -0.3 is 15.4 Å². The molecule has 172 valence electrons. The second-order valence-corrected chi connectivity index (χ2v) is 7.84. The van der Waals surface area contributed by atoms with Gasteiger partial charge in [0.2, 0.25) is 5.91 Å². The Morgan fingerprint density at radius 1 is 1.21 bits per heavy atom. The molecule has 2 N–H and O–H groups in total. The van der Waals surface area contributed by atoms with Crippen LogP contribution >= 0.6 is 0 Å². The van der Waals surface area contributed by atoms with Gasteiger partial charge in [0, 0.05) is 32.6 Å². The highest BCUT2D eigenvalue weighted by Gasteiger charge is 2.32. The van der Waals surface area contributed by atoms with Crippen LogP contribution in [0.25, 0.3) is 11.1 Å². The van der Waals surface area contributed by atoms with Gasteiger partial charge in [-0.3, -0.25) is 9.69 Å². The average Bonchev–Trinajstić information content (AvgIpc) is 3.38. The molecule has 0 radical (unpaired) electrons. The lowest BCUT2D eigenvalue weighted by Gasteiger charge is -2.15. The minimum Gasteiger partial charge on any atom is -0.442 e. The van der Waals surface area contributed by atoms with Gasteiger partial charge in [-0.1, -0.05) is 24.3 Å². The minimum atomic E-state index is -0.559. The second-order valence-electron chi connectivity index (χ2n) is 7.84. The first-order valence-corrected chi connectivity index (χ1v) is 10.6. The number of carbonyl (C=O) groups excluding carboxylic acids is 2. The summed E-state index contributed by atoms with van der Waals surface area (Å²) < 4.78 is 20.1. The fourth-order valence-electron chi connectivity index (χ4n) is 3.61. The monoisotopic (exact) mass is 452 g/mol. The molecule has 1 aromatic heterocycles. The molecule has 0 aliphatic carbocycles. The van der Waals surface area contributed by atoms with E-state index < -0.39 is 18.0 Å². The first-order valence-electron chi connectivity index (χ1n) is 10.6. The zero-order valence-corrected chi connectivity index (χ0v) is 18.4. The number of carbonyl (C=O) groups is 2. The molecule has 2 amide bonds. The van der Waals surface area contributed by atoms with E-state index in [-0.39, 0.29) is 19.0 Å². The minimum absolute atomic E-state index is 0.202. The molecule has 1 atom stereocenters. The summed E-state index contributed by atoms with van der Waals surface area (Å²) in [5, 5.41) is 14.2.